The van der Waals surface area contributed by atoms with Crippen molar-refractivity contribution in [2.24, 2.45) is 0 Å². The second kappa shape index (κ2) is 6.03. The molecule has 4 heteroatoms. The van der Waals surface area contributed by atoms with Crippen molar-refractivity contribution in [3.05, 3.63) is 36.7 Å². The molecule has 2 aromatic rings. The number of nitrogens with zero attached hydrogens (tertiary/aromatic N) is 3. The van der Waals surface area contributed by atoms with Gasteiger partial charge in [0.15, 0.2) is 0 Å². The summed E-state index contributed by atoms with van der Waals surface area (Å²) in [5, 5.41) is 11.3. The summed E-state index contributed by atoms with van der Waals surface area (Å²) in [4.78, 5) is 0. The first-order valence-electron chi connectivity index (χ1n) is 6.11. The van der Waals surface area contributed by atoms with Crippen molar-refractivity contribution in [2.45, 2.75) is 26.2 Å². The van der Waals surface area contributed by atoms with Gasteiger partial charge >= 0.3 is 0 Å². The molecule has 1 aromatic heterocycles. The fourth-order valence-electron chi connectivity index (χ4n) is 1.76. The molecule has 2 rings (SSSR count). The van der Waals surface area contributed by atoms with Crippen LogP contribution in [0.1, 0.15) is 26.2 Å². The summed E-state index contributed by atoms with van der Waals surface area (Å²) in [5.74, 6) is 0. The van der Waals surface area contributed by atoms with Gasteiger partial charge in [0.05, 0.1) is 23.8 Å². The van der Waals surface area contributed by atoms with Crippen LogP contribution in [-0.4, -0.2) is 21.5 Å². The number of unbranched alkanes of at least 4 members (excludes halogenated alkanes) is 2. The first-order chi connectivity index (χ1) is 8.42. The topological polar surface area (TPSA) is 42.7 Å². The molecule has 1 aromatic carbocycles. The molecule has 17 heavy (non-hydrogen) atoms. The molecule has 0 aliphatic carbocycles. The lowest BCUT2D eigenvalue weighted by Crippen LogP contribution is -2.06. The highest BCUT2D eigenvalue weighted by Crippen LogP contribution is 2.18. The van der Waals surface area contributed by atoms with E-state index in [1.165, 1.54) is 19.3 Å². The summed E-state index contributed by atoms with van der Waals surface area (Å²) in [6.07, 6.45) is 7.24. The van der Waals surface area contributed by atoms with E-state index in [1.807, 2.05) is 24.4 Å². The van der Waals surface area contributed by atoms with Crippen LogP contribution in [0.5, 0.6) is 0 Å². The second-order valence-corrected chi connectivity index (χ2v) is 4.00. The van der Waals surface area contributed by atoms with Crippen LogP contribution in [0.4, 0.5) is 5.69 Å². The number of anilines is 1. The van der Waals surface area contributed by atoms with Crippen LogP contribution in [0.2, 0.25) is 0 Å². The van der Waals surface area contributed by atoms with Gasteiger partial charge in [-0.3, -0.25) is 0 Å². The predicted octanol–water partition coefficient (Wildman–Crippen LogP) is 2.87. The molecular weight excluding hydrogens is 212 g/mol. The lowest BCUT2D eigenvalue weighted by Gasteiger charge is -2.11. The Morgan fingerprint density at radius 1 is 1.24 bits per heavy atom. The molecule has 0 spiro atoms. The summed E-state index contributed by atoms with van der Waals surface area (Å²) < 4.78 is 1.78. The van der Waals surface area contributed by atoms with Gasteiger partial charge in [-0.2, -0.15) is 0 Å². The molecule has 0 fully saturated rings. The Morgan fingerprint density at radius 3 is 2.88 bits per heavy atom. The van der Waals surface area contributed by atoms with Crippen LogP contribution < -0.4 is 5.32 Å². The molecule has 0 radical (unpaired) electrons. The van der Waals surface area contributed by atoms with E-state index in [0.717, 1.165) is 17.9 Å². The van der Waals surface area contributed by atoms with E-state index in [-0.39, 0.29) is 0 Å². The van der Waals surface area contributed by atoms with Gasteiger partial charge in [0, 0.05) is 6.54 Å². The van der Waals surface area contributed by atoms with E-state index in [9.17, 15) is 0 Å². The van der Waals surface area contributed by atoms with E-state index in [4.69, 9.17) is 0 Å². The first-order valence-corrected chi connectivity index (χ1v) is 6.11. The van der Waals surface area contributed by atoms with Gasteiger partial charge in [-0.05, 0) is 18.6 Å². The minimum Gasteiger partial charge on any atom is -0.383 e. The number of para-hydroxylation sites is 2. The molecule has 1 N–H and O–H groups in total. The summed E-state index contributed by atoms with van der Waals surface area (Å²) in [5.41, 5.74) is 2.15. The smallest absolute Gasteiger partial charge is 0.0894 e. The molecule has 0 saturated carbocycles. The zero-order chi connectivity index (χ0) is 11.9. The number of rotatable bonds is 6. The monoisotopic (exact) mass is 230 g/mol. The molecule has 1 heterocycles. The van der Waals surface area contributed by atoms with E-state index in [0.29, 0.717) is 0 Å². The van der Waals surface area contributed by atoms with E-state index >= 15 is 0 Å². The van der Waals surface area contributed by atoms with Crippen molar-refractivity contribution >= 4 is 5.69 Å². The highest BCUT2D eigenvalue weighted by Gasteiger charge is 2.03. The molecule has 4 nitrogen and oxygen atoms in total. The highest BCUT2D eigenvalue weighted by molar-refractivity contribution is 5.60. The SMILES string of the molecule is CCCCCNc1ccccc1-n1ccnn1. The fourth-order valence-corrected chi connectivity index (χ4v) is 1.76. The summed E-state index contributed by atoms with van der Waals surface area (Å²) in [6, 6.07) is 8.15. The number of nitrogens with one attached hydrogen (secondary N) is 1. The van der Waals surface area contributed by atoms with Gasteiger partial charge in [-0.1, -0.05) is 37.1 Å². The van der Waals surface area contributed by atoms with Gasteiger partial charge in [0.25, 0.3) is 0 Å². The molecule has 0 amide bonds. The lowest BCUT2D eigenvalue weighted by molar-refractivity contribution is 0.742. The Morgan fingerprint density at radius 2 is 2.12 bits per heavy atom. The van der Waals surface area contributed by atoms with Gasteiger partial charge in [-0.15, -0.1) is 5.10 Å². The Balaban J connectivity index is 2.06. The Bertz CT molecular complexity index is 436. The average Bonchev–Trinajstić information content (AvgIpc) is 2.89. The molecule has 90 valence electrons. The number of benzene rings is 1. The largest absolute Gasteiger partial charge is 0.383 e. The minimum absolute atomic E-state index is 1.000. The predicted molar refractivity (Wildman–Crippen MR) is 69.4 cm³/mol. The van der Waals surface area contributed by atoms with Gasteiger partial charge in [0.1, 0.15) is 0 Å². The second-order valence-electron chi connectivity index (χ2n) is 4.00. The zero-order valence-corrected chi connectivity index (χ0v) is 10.1. The maximum Gasteiger partial charge on any atom is 0.0894 e. The van der Waals surface area contributed by atoms with Crippen LogP contribution in [-0.2, 0) is 0 Å². The third kappa shape index (κ3) is 3.06. The summed E-state index contributed by atoms with van der Waals surface area (Å²) in [6.45, 7) is 3.21. The molecule has 0 atom stereocenters. The van der Waals surface area contributed by atoms with Crippen molar-refractivity contribution in [3.63, 3.8) is 0 Å². The normalized spacial score (nSPS) is 10.4. The maximum atomic E-state index is 4.02. The summed E-state index contributed by atoms with van der Waals surface area (Å²) >= 11 is 0. The van der Waals surface area contributed by atoms with Crippen LogP contribution in [0.15, 0.2) is 36.7 Å². The van der Waals surface area contributed by atoms with Crippen molar-refractivity contribution < 1.29 is 0 Å². The Labute approximate surface area is 102 Å². The van der Waals surface area contributed by atoms with Crippen molar-refractivity contribution in [2.75, 3.05) is 11.9 Å². The molecule has 0 aliphatic heterocycles. The Hall–Kier alpha value is -1.84. The van der Waals surface area contributed by atoms with Crippen molar-refractivity contribution in [3.8, 4) is 5.69 Å². The van der Waals surface area contributed by atoms with Crippen LogP contribution in [0.3, 0.4) is 0 Å². The van der Waals surface area contributed by atoms with Gasteiger partial charge < -0.3 is 5.32 Å². The maximum absolute atomic E-state index is 4.02. The van der Waals surface area contributed by atoms with Gasteiger partial charge in [0.2, 0.25) is 0 Å². The third-order valence-corrected chi connectivity index (χ3v) is 2.67. The fraction of sp³-hybridized carbons (Fsp3) is 0.385. The number of aromatic nitrogens is 3. The lowest BCUT2D eigenvalue weighted by atomic mass is 10.2. The number of hydrogen-bond acceptors (Lipinski definition) is 3. The van der Waals surface area contributed by atoms with Crippen molar-refractivity contribution in [1.82, 2.24) is 15.0 Å². The molecule has 0 unspecified atom stereocenters. The van der Waals surface area contributed by atoms with E-state index in [1.54, 1.807) is 10.9 Å². The molecule has 0 saturated heterocycles. The van der Waals surface area contributed by atoms with Gasteiger partial charge in [-0.25, -0.2) is 4.68 Å². The highest BCUT2D eigenvalue weighted by atomic mass is 15.4. The van der Waals surface area contributed by atoms with Crippen molar-refractivity contribution in [1.29, 1.82) is 0 Å². The molecule has 0 aliphatic rings. The van der Waals surface area contributed by atoms with Crippen LogP contribution >= 0.6 is 0 Å². The third-order valence-electron chi connectivity index (χ3n) is 2.67. The number of hydrogen-bond donors (Lipinski definition) is 1. The van der Waals surface area contributed by atoms with Crippen LogP contribution in [0.25, 0.3) is 5.69 Å². The Kier molecular flexibility index (Phi) is 4.13. The van der Waals surface area contributed by atoms with Crippen LogP contribution in [0, 0.1) is 0 Å². The van der Waals surface area contributed by atoms with E-state index < -0.39 is 0 Å². The molecular formula is C13H18N4. The standard InChI is InChI=1S/C13H18N4/c1-2-3-6-9-14-12-7-4-5-8-13(12)17-11-10-15-16-17/h4-5,7-8,10-11,14H,2-3,6,9H2,1H3. The minimum atomic E-state index is 1.000. The quantitative estimate of drug-likeness (QED) is 0.776. The summed E-state index contributed by atoms with van der Waals surface area (Å²) in [7, 11) is 0. The zero-order valence-electron chi connectivity index (χ0n) is 10.1. The average molecular weight is 230 g/mol. The first kappa shape index (κ1) is 11.6. The van der Waals surface area contributed by atoms with E-state index in [2.05, 4.69) is 28.6 Å². The molecule has 0 bridgehead atoms.